The van der Waals surface area contributed by atoms with Crippen LogP contribution in [0.25, 0.3) is 22.3 Å². The van der Waals surface area contributed by atoms with Gasteiger partial charge < -0.3 is 35.8 Å². The number of hydrogen-bond acceptors (Lipinski definition) is 18. The number of hydrogen-bond donors (Lipinski definition) is 7. The lowest BCUT2D eigenvalue weighted by Crippen LogP contribution is -2.39. The van der Waals surface area contributed by atoms with Crippen molar-refractivity contribution in [3.05, 3.63) is 33.4 Å². The van der Waals surface area contributed by atoms with Crippen molar-refractivity contribution in [2.45, 2.75) is 49.9 Å². The lowest BCUT2D eigenvalue weighted by atomic mass is 9.96. The van der Waals surface area contributed by atoms with Crippen LogP contribution in [0.4, 0.5) is 11.9 Å². The summed E-state index contributed by atoms with van der Waals surface area (Å²) in [6.07, 6.45) is -8.91. The fourth-order valence-corrected chi connectivity index (χ4v) is 7.78. The number of anilines is 2. The molecular weight excluding hydrogens is 690 g/mol. The lowest BCUT2D eigenvalue weighted by molar-refractivity contribution is -0.126. The molecule has 10 atom stereocenters. The minimum atomic E-state index is -5.13. The Kier molecular flexibility index (Phi) is 7.88. The van der Waals surface area contributed by atoms with Crippen LogP contribution in [-0.4, -0.2) is 103 Å². The molecular formula is C22H26N10O14P2. The van der Waals surface area contributed by atoms with Gasteiger partial charge in [-0.1, -0.05) is 0 Å². The molecule has 24 nitrogen and oxygen atoms in total. The number of nitrogen functional groups attached to an aromatic ring is 2. The standard InChI is InChI=1S/C22H26N10O14P2/c1-6(33)9-13-7(43-19(9)31-4-25-10-15(31)27-21(23)29-17(10)35)2-41-48(39,40)46-14-8(3-42-47(37,38)45-13)44-20(12(14)34)32-5-26-11-16(32)28-22(24)30-18(11)36/h4-5,7-9,12-14,19-20,34H,2-3H2,1H3,(H,37,38)(H,39,40)(H3,23,27,29,35)(H3,24,28,30,36)/t7-,8-,9+,12+,13?,14?,19-,20-/m1/s1. The summed E-state index contributed by atoms with van der Waals surface area (Å²) in [6.45, 7) is -0.605. The van der Waals surface area contributed by atoms with Gasteiger partial charge in [0.2, 0.25) is 11.9 Å². The van der Waals surface area contributed by atoms with E-state index in [1.54, 1.807) is 0 Å². The van der Waals surface area contributed by atoms with E-state index in [1.807, 2.05) is 0 Å². The minimum absolute atomic E-state index is 0.105. The van der Waals surface area contributed by atoms with E-state index in [2.05, 4.69) is 29.9 Å². The first-order valence-corrected chi connectivity index (χ1v) is 16.9. The normalized spacial score (nSPS) is 36.0. The number of phosphoric acid groups is 2. The van der Waals surface area contributed by atoms with Gasteiger partial charge in [-0.3, -0.25) is 51.6 Å². The Labute approximate surface area is 265 Å². The highest BCUT2D eigenvalue weighted by molar-refractivity contribution is 7.47. The van der Waals surface area contributed by atoms with Crippen molar-refractivity contribution < 1.29 is 56.4 Å². The first kappa shape index (κ1) is 32.6. The molecule has 0 amide bonds. The molecule has 0 aromatic carbocycles. The molecule has 48 heavy (non-hydrogen) atoms. The Hall–Kier alpha value is -3.93. The molecule has 7 heterocycles. The number of Topliss-reactive ketones (excluding diaryl/α,β-unsaturated/α-hetero) is 1. The predicted octanol–water partition coefficient (Wildman–Crippen LogP) is -2.20. The molecule has 9 N–H and O–H groups in total. The zero-order valence-electron chi connectivity index (χ0n) is 24.3. The Morgan fingerprint density at radius 2 is 1.31 bits per heavy atom. The molecule has 4 aromatic rings. The third kappa shape index (κ3) is 5.65. The lowest BCUT2D eigenvalue weighted by Gasteiger charge is -2.28. The van der Waals surface area contributed by atoms with E-state index < -0.39 is 94.7 Å². The van der Waals surface area contributed by atoms with Crippen LogP contribution < -0.4 is 22.6 Å². The number of phosphoric ester groups is 2. The number of aliphatic hydroxyl groups is 1. The first-order chi connectivity index (χ1) is 22.6. The van der Waals surface area contributed by atoms with Gasteiger partial charge in [-0.05, 0) is 6.92 Å². The summed E-state index contributed by atoms with van der Waals surface area (Å²) in [5.74, 6) is -2.61. The third-order valence-electron chi connectivity index (χ3n) is 7.88. The number of ketones is 1. The topological polar surface area (TPSA) is 346 Å². The molecule has 0 spiro atoms. The van der Waals surface area contributed by atoms with Gasteiger partial charge in [-0.15, -0.1) is 0 Å². The van der Waals surface area contributed by atoms with E-state index in [4.69, 9.17) is 39.0 Å². The molecule has 0 saturated carbocycles. The molecule has 0 bridgehead atoms. The number of H-pyrrole nitrogens is 2. The zero-order valence-corrected chi connectivity index (χ0v) is 26.0. The molecule has 26 heteroatoms. The van der Waals surface area contributed by atoms with Gasteiger partial charge >= 0.3 is 15.6 Å². The monoisotopic (exact) mass is 716 g/mol. The van der Waals surface area contributed by atoms with Crippen molar-refractivity contribution in [2.24, 2.45) is 5.92 Å². The molecule has 7 rings (SSSR count). The second-order valence-electron chi connectivity index (χ2n) is 11.0. The third-order valence-corrected chi connectivity index (χ3v) is 9.85. The highest BCUT2D eigenvalue weighted by Gasteiger charge is 2.55. The molecule has 0 aliphatic carbocycles. The average molecular weight is 716 g/mol. The Balaban J connectivity index is 1.21. The second-order valence-corrected chi connectivity index (χ2v) is 13.8. The molecule has 4 unspecified atom stereocenters. The number of nitrogens with zero attached hydrogens (tertiary/aromatic N) is 6. The van der Waals surface area contributed by atoms with Crippen LogP contribution in [0.1, 0.15) is 19.4 Å². The number of fused-ring (bicyclic) bond motifs is 4. The van der Waals surface area contributed by atoms with Crippen molar-refractivity contribution in [3.63, 3.8) is 0 Å². The zero-order chi connectivity index (χ0) is 34.3. The van der Waals surface area contributed by atoms with E-state index in [0.717, 1.165) is 24.1 Å². The molecule has 3 fully saturated rings. The van der Waals surface area contributed by atoms with Crippen LogP contribution in [0.15, 0.2) is 22.2 Å². The van der Waals surface area contributed by atoms with E-state index in [-0.39, 0.29) is 34.2 Å². The smallest absolute Gasteiger partial charge is 0.386 e. The van der Waals surface area contributed by atoms with Gasteiger partial charge in [0, 0.05) is 0 Å². The second kappa shape index (κ2) is 11.6. The summed E-state index contributed by atoms with van der Waals surface area (Å²) in [5.41, 5.74) is 9.36. The summed E-state index contributed by atoms with van der Waals surface area (Å²) in [6, 6.07) is 0. The predicted molar refractivity (Wildman–Crippen MR) is 154 cm³/mol. The average Bonchev–Trinajstić information content (AvgIpc) is 3.75. The SMILES string of the molecule is CC(=O)[C@H]1C2OP(=O)(O)OC[C@H]3O[C@@H](n4cnc5c(=O)[nH]c(N)nc54)[C@@H](O)C3OP(=O)(O)OC[C@H]2O[C@H]1n1cnc2c(=O)[nH]c(N)nc21. The quantitative estimate of drug-likeness (QED) is 0.111. The number of rotatable bonds is 3. The fraction of sp³-hybridized carbons (Fsp3) is 0.500. The maximum absolute atomic E-state index is 13.3. The number of carbonyl (C=O) groups is 1. The summed E-state index contributed by atoms with van der Waals surface area (Å²) in [5, 5.41) is 11.2. The maximum Gasteiger partial charge on any atom is 0.472 e. The van der Waals surface area contributed by atoms with Crippen molar-refractivity contribution in [1.29, 1.82) is 0 Å². The summed E-state index contributed by atoms with van der Waals surface area (Å²) < 4.78 is 61.6. The Bertz CT molecular complexity index is 2150. The van der Waals surface area contributed by atoms with E-state index in [0.29, 0.717) is 0 Å². The number of aromatic nitrogens is 8. The summed E-state index contributed by atoms with van der Waals surface area (Å²) in [7, 11) is -10.3. The van der Waals surface area contributed by atoms with Crippen LogP contribution in [0, 0.1) is 5.92 Å². The first-order valence-electron chi connectivity index (χ1n) is 13.9. The van der Waals surface area contributed by atoms with Crippen molar-refractivity contribution in [3.8, 4) is 0 Å². The Morgan fingerprint density at radius 3 is 1.83 bits per heavy atom. The fourth-order valence-electron chi connectivity index (χ4n) is 5.85. The van der Waals surface area contributed by atoms with Gasteiger partial charge in [0.1, 0.15) is 42.5 Å². The number of aliphatic hydroxyl groups excluding tert-OH is 1. The highest BCUT2D eigenvalue weighted by atomic mass is 31.2. The van der Waals surface area contributed by atoms with E-state index in [1.165, 1.54) is 4.57 Å². The molecule has 258 valence electrons. The van der Waals surface area contributed by atoms with Crippen LogP contribution in [-0.2, 0) is 41.5 Å². The van der Waals surface area contributed by atoms with Crippen LogP contribution in [0.3, 0.4) is 0 Å². The van der Waals surface area contributed by atoms with Gasteiger partial charge in [-0.2, -0.15) is 9.97 Å². The van der Waals surface area contributed by atoms with Gasteiger partial charge in [-0.25, -0.2) is 19.1 Å². The number of nitrogens with two attached hydrogens (primary N) is 2. The molecule has 0 radical (unpaired) electrons. The van der Waals surface area contributed by atoms with Gasteiger partial charge in [0.25, 0.3) is 11.1 Å². The number of imidazole rings is 2. The molecule has 3 aliphatic rings. The van der Waals surface area contributed by atoms with Crippen molar-refractivity contribution >= 4 is 55.7 Å². The van der Waals surface area contributed by atoms with E-state index in [9.17, 15) is 38.4 Å². The highest BCUT2D eigenvalue weighted by Crippen LogP contribution is 2.54. The van der Waals surface area contributed by atoms with Crippen molar-refractivity contribution in [2.75, 3.05) is 24.7 Å². The summed E-state index contributed by atoms with van der Waals surface area (Å²) in [4.78, 5) is 79.5. The number of ether oxygens (including phenoxy) is 2. The van der Waals surface area contributed by atoms with Crippen LogP contribution in [0.5, 0.6) is 0 Å². The number of nitrogens with one attached hydrogen (secondary N) is 2. The van der Waals surface area contributed by atoms with Gasteiger partial charge in [0.05, 0.1) is 31.8 Å². The molecule has 3 aliphatic heterocycles. The van der Waals surface area contributed by atoms with E-state index >= 15 is 0 Å². The van der Waals surface area contributed by atoms with Crippen molar-refractivity contribution in [1.82, 2.24) is 39.0 Å². The Morgan fingerprint density at radius 1 is 0.854 bits per heavy atom. The molecule has 3 saturated heterocycles. The largest absolute Gasteiger partial charge is 0.472 e. The van der Waals surface area contributed by atoms with Crippen LogP contribution >= 0.6 is 15.6 Å². The molecule has 4 aromatic heterocycles. The number of carbonyl (C=O) groups excluding carboxylic acids is 1. The van der Waals surface area contributed by atoms with Crippen LogP contribution in [0.2, 0.25) is 0 Å². The minimum Gasteiger partial charge on any atom is -0.386 e. The number of aromatic amines is 2. The summed E-state index contributed by atoms with van der Waals surface area (Å²) >= 11 is 0. The van der Waals surface area contributed by atoms with Gasteiger partial charge in [0.15, 0.2) is 28.6 Å². The maximum atomic E-state index is 13.3.